The molecule has 1 aromatic carbocycles. The molecular weight excluding hydrogens is 606 g/mol. The molecule has 1 fully saturated rings. The number of aromatic nitrogens is 4. The summed E-state index contributed by atoms with van der Waals surface area (Å²) in [5, 5.41) is 0.227. The number of amides is 3. The molecule has 5 heterocycles. The van der Waals surface area contributed by atoms with Crippen LogP contribution < -0.4 is 21.2 Å². The molecule has 2 aliphatic heterocycles. The topological polar surface area (TPSA) is 131 Å². The van der Waals surface area contributed by atoms with Gasteiger partial charge < -0.3 is 15.5 Å². The quantitative estimate of drug-likeness (QED) is 0.321. The van der Waals surface area contributed by atoms with E-state index in [4.69, 9.17) is 10.7 Å². The fraction of sp³-hybridized carbons (Fsp3) is 0.353. The lowest BCUT2D eigenvalue weighted by molar-refractivity contribution is -0.126. The van der Waals surface area contributed by atoms with E-state index in [0.29, 0.717) is 50.3 Å². The zero-order chi connectivity index (χ0) is 33.6. The van der Waals surface area contributed by atoms with Crippen LogP contribution in [0.3, 0.4) is 0 Å². The third kappa shape index (κ3) is 5.59. The first-order valence-electron chi connectivity index (χ1n) is 15.7. The van der Waals surface area contributed by atoms with Gasteiger partial charge in [-0.15, -0.1) is 0 Å². The molecule has 0 unspecified atom stereocenters. The zero-order valence-corrected chi connectivity index (χ0v) is 26.5. The van der Waals surface area contributed by atoms with Crippen molar-refractivity contribution in [3.05, 3.63) is 82.6 Å². The maximum atomic E-state index is 16.4. The smallest absolute Gasteiger partial charge is 0.351 e. The minimum Gasteiger partial charge on any atom is -0.351 e. The number of primary amides is 1. The highest BCUT2D eigenvalue weighted by atomic mass is 19.1. The number of carbonyl (C=O) groups is 2. The van der Waals surface area contributed by atoms with Crippen molar-refractivity contribution in [2.75, 3.05) is 36.0 Å². The standard InChI is InChI=1S/C34H36F2N8O3/c1-5-26(45)41-15-16-42(20(4)18-41)31-22-17-24(36)29-27-23(35)10-8-11-25(27)43(33(37)46)14-7-6-9-21-12-13-38-28(19(2)3)30(21)44(32(22)39-29)34(47)40-31/h5,8,10-13,17,19-20H,1,6-7,9,14-16,18H2,2-4H3,(H2,37,46)/t20-/m0/s1. The number of anilines is 2. The molecule has 244 valence electrons. The van der Waals surface area contributed by atoms with Crippen molar-refractivity contribution in [3.63, 3.8) is 0 Å². The number of hydrogen-bond acceptors (Lipinski definition) is 7. The van der Waals surface area contributed by atoms with Crippen molar-refractivity contribution >= 4 is 34.5 Å². The Morgan fingerprint density at radius 1 is 1.09 bits per heavy atom. The molecule has 0 aliphatic carbocycles. The van der Waals surface area contributed by atoms with E-state index in [1.54, 1.807) is 11.1 Å². The molecule has 47 heavy (non-hydrogen) atoms. The summed E-state index contributed by atoms with van der Waals surface area (Å²) in [7, 11) is 0. The lowest BCUT2D eigenvalue weighted by Gasteiger charge is -2.40. The van der Waals surface area contributed by atoms with Crippen LogP contribution in [0.2, 0.25) is 0 Å². The number of rotatable bonds is 3. The van der Waals surface area contributed by atoms with Crippen molar-refractivity contribution in [2.24, 2.45) is 5.73 Å². The Morgan fingerprint density at radius 2 is 1.87 bits per heavy atom. The lowest BCUT2D eigenvalue weighted by atomic mass is 10.00. The summed E-state index contributed by atoms with van der Waals surface area (Å²) in [6, 6.07) is 6.02. The number of hydrogen-bond donors (Lipinski definition) is 1. The number of aryl methyl sites for hydroxylation is 1. The van der Waals surface area contributed by atoms with E-state index in [-0.39, 0.29) is 58.2 Å². The van der Waals surface area contributed by atoms with E-state index < -0.39 is 23.4 Å². The predicted molar refractivity (Wildman–Crippen MR) is 176 cm³/mol. The molecule has 2 bridgehead atoms. The van der Waals surface area contributed by atoms with Crippen molar-refractivity contribution in [3.8, 4) is 16.9 Å². The first kappa shape index (κ1) is 31.8. The maximum absolute atomic E-state index is 16.4. The van der Waals surface area contributed by atoms with Crippen molar-refractivity contribution in [1.29, 1.82) is 0 Å². The summed E-state index contributed by atoms with van der Waals surface area (Å²) < 4.78 is 33.6. The fourth-order valence-corrected chi connectivity index (χ4v) is 6.60. The summed E-state index contributed by atoms with van der Waals surface area (Å²) in [4.78, 5) is 57.9. The van der Waals surface area contributed by atoms with Gasteiger partial charge >= 0.3 is 11.7 Å². The molecule has 6 rings (SSSR count). The molecule has 3 amide bonds. The predicted octanol–water partition coefficient (Wildman–Crippen LogP) is 4.69. The Morgan fingerprint density at radius 3 is 2.57 bits per heavy atom. The average molecular weight is 643 g/mol. The van der Waals surface area contributed by atoms with E-state index >= 15 is 8.78 Å². The Balaban J connectivity index is 1.70. The molecule has 0 saturated carbocycles. The van der Waals surface area contributed by atoms with E-state index in [0.717, 1.165) is 11.6 Å². The number of benzene rings is 1. The number of pyridine rings is 2. The third-order valence-electron chi connectivity index (χ3n) is 8.86. The highest BCUT2D eigenvalue weighted by Crippen LogP contribution is 2.38. The van der Waals surface area contributed by atoms with E-state index in [1.165, 1.54) is 33.7 Å². The number of fused-ring (bicyclic) bond motifs is 5. The van der Waals surface area contributed by atoms with Gasteiger partial charge in [0.15, 0.2) is 11.5 Å². The van der Waals surface area contributed by atoms with Crippen LogP contribution >= 0.6 is 0 Å². The Hall–Kier alpha value is -5.20. The lowest BCUT2D eigenvalue weighted by Crippen LogP contribution is -2.54. The minimum absolute atomic E-state index is 0.0587. The second-order valence-corrected chi connectivity index (χ2v) is 12.2. The average Bonchev–Trinajstić information content (AvgIpc) is 3.04. The number of nitrogens with two attached hydrogens (primary N) is 1. The van der Waals surface area contributed by atoms with Crippen LogP contribution in [0.25, 0.3) is 28.0 Å². The minimum atomic E-state index is -0.875. The normalized spacial score (nSPS) is 16.7. The second kappa shape index (κ2) is 12.5. The fourth-order valence-electron chi connectivity index (χ4n) is 6.60. The molecule has 11 nitrogen and oxygen atoms in total. The monoisotopic (exact) mass is 642 g/mol. The number of urea groups is 1. The first-order valence-corrected chi connectivity index (χ1v) is 15.7. The van der Waals surface area contributed by atoms with Gasteiger partial charge in [0, 0.05) is 38.4 Å². The second-order valence-electron chi connectivity index (χ2n) is 12.2. The number of piperazine rings is 1. The molecule has 2 N–H and O–H groups in total. The van der Waals surface area contributed by atoms with Crippen LogP contribution in [0.15, 0.2) is 54.0 Å². The van der Waals surface area contributed by atoms with Gasteiger partial charge in [-0.3, -0.25) is 14.7 Å². The van der Waals surface area contributed by atoms with Crippen LogP contribution in [0, 0.1) is 11.6 Å². The molecule has 0 spiro atoms. The molecule has 13 heteroatoms. The molecular formula is C34H36F2N8O3. The summed E-state index contributed by atoms with van der Waals surface area (Å²) in [6.07, 6.45) is 4.54. The van der Waals surface area contributed by atoms with E-state index in [2.05, 4.69) is 16.5 Å². The molecule has 1 saturated heterocycles. The van der Waals surface area contributed by atoms with Crippen molar-refractivity contribution < 1.29 is 18.4 Å². The third-order valence-corrected chi connectivity index (χ3v) is 8.86. The summed E-state index contributed by atoms with van der Waals surface area (Å²) >= 11 is 0. The highest BCUT2D eigenvalue weighted by molar-refractivity contribution is 5.97. The van der Waals surface area contributed by atoms with Gasteiger partial charge in [-0.05, 0) is 68.0 Å². The first-order chi connectivity index (χ1) is 22.5. The Kier molecular flexibility index (Phi) is 8.47. The Bertz CT molecular complexity index is 1980. The summed E-state index contributed by atoms with van der Waals surface area (Å²) in [6.45, 7) is 10.5. The maximum Gasteiger partial charge on any atom is 0.355 e. The molecule has 1 atom stereocenters. The molecule has 2 aliphatic rings. The van der Waals surface area contributed by atoms with Crippen molar-refractivity contribution in [2.45, 2.75) is 52.0 Å². The van der Waals surface area contributed by atoms with Crippen molar-refractivity contribution in [1.82, 2.24) is 24.4 Å². The molecule has 4 aromatic rings. The summed E-state index contributed by atoms with van der Waals surface area (Å²) in [5.74, 6) is -1.80. The van der Waals surface area contributed by atoms with Crippen LogP contribution in [-0.4, -0.2) is 68.6 Å². The summed E-state index contributed by atoms with van der Waals surface area (Å²) in [5.41, 5.74) is 6.54. The Labute approximate surface area is 270 Å². The van der Waals surface area contributed by atoms with Gasteiger partial charge in [0.1, 0.15) is 17.3 Å². The number of nitrogens with zero attached hydrogens (tertiary/aromatic N) is 7. The van der Waals surface area contributed by atoms with Gasteiger partial charge in [0.25, 0.3) is 0 Å². The zero-order valence-electron chi connectivity index (χ0n) is 26.5. The van der Waals surface area contributed by atoms with Gasteiger partial charge in [0.2, 0.25) is 5.91 Å². The highest BCUT2D eigenvalue weighted by Gasteiger charge is 2.32. The van der Waals surface area contributed by atoms with Gasteiger partial charge in [0.05, 0.1) is 28.0 Å². The molecule has 0 radical (unpaired) electrons. The largest absolute Gasteiger partial charge is 0.355 e. The SMILES string of the molecule is C=CC(=O)N1CCN(c2nc(=O)n3c4nc(c(F)cc24)-c2c(F)cccc2N(C(N)=O)CCCCc2ccnc(C(C)C)c2-3)[C@@H](C)C1. The van der Waals surface area contributed by atoms with Crippen LogP contribution in [0.4, 0.5) is 25.1 Å². The molecule has 3 aromatic heterocycles. The van der Waals surface area contributed by atoms with Crippen LogP contribution in [0.5, 0.6) is 0 Å². The van der Waals surface area contributed by atoms with Crippen LogP contribution in [0.1, 0.15) is 50.8 Å². The van der Waals surface area contributed by atoms with E-state index in [9.17, 15) is 14.4 Å². The van der Waals surface area contributed by atoms with E-state index in [1.807, 2.05) is 31.7 Å². The van der Waals surface area contributed by atoms with Gasteiger partial charge in [-0.1, -0.05) is 26.5 Å². The number of halogens is 2. The van der Waals surface area contributed by atoms with Gasteiger partial charge in [-0.2, -0.15) is 4.98 Å². The number of carbonyl (C=O) groups excluding carboxylic acids is 2. The van der Waals surface area contributed by atoms with Gasteiger partial charge in [-0.25, -0.2) is 27.9 Å². The van der Waals surface area contributed by atoms with Crippen LogP contribution in [-0.2, 0) is 11.2 Å².